The summed E-state index contributed by atoms with van der Waals surface area (Å²) in [5.74, 6) is 2.88. The number of hydrogen-bond acceptors (Lipinski definition) is 2. The van der Waals surface area contributed by atoms with Gasteiger partial charge >= 0.3 is 0 Å². The molecule has 0 aromatic heterocycles. The van der Waals surface area contributed by atoms with Gasteiger partial charge in [-0.05, 0) is 67.4 Å². The molecule has 2 bridgehead atoms. The maximum Gasteiger partial charge on any atom is 0.155 e. The van der Waals surface area contributed by atoms with Crippen molar-refractivity contribution in [2.45, 2.75) is 58.3 Å². The van der Waals surface area contributed by atoms with Crippen molar-refractivity contribution in [3.8, 4) is 0 Å². The van der Waals surface area contributed by atoms with Gasteiger partial charge in [0.2, 0.25) is 0 Å². The van der Waals surface area contributed by atoms with Crippen molar-refractivity contribution in [1.29, 1.82) is 0 Å². The molecular formula is C15H25IO2. The number of rotatable bonds is 7. The van der Waals surface area contributed by atoms with Crippen molar-refractivity contribution in [2.24, 2.45) is 17.8 Å². The van der Waals surface area contributed by atoms with E-state index in [1.807, 2.05) is 13.8 Å². The number of hydrogen-bond donors (Lipinski definition) is 0. The molecule has 0 radical (unpaired) electrons. The fourth-order valence-corrected chi connectivity index (χ4v) is 4.21. The molecule has 2 saturated carbocycles. The molecule has 104 valence electrons. The number of fused-ring (bicyclic) bond motifs is 2. The molecular weight excluding hydrogens is 339 g/mol. The molecule has 2 fully saturated rings. The zero-order valence-electron chi connectivity index (χ0n) is 11.5. The van der Waals surface area contributed by atoms with E-state index < -0.39 is 0 Å². The van der Waals surface area contributed by atoms with Crippen LogP contribution in [0.4, 0.5) is 0 Å². The topological polar surface area (TPSA) is 18.5 Å². The van der Waals surface area contributed by atoms with E-state index in [1.165, 1.54) is 32.1 Å². The molecule has 2 rings (SSSR count). The van der Waals surface area contributed by atoms with Gasteiger partial charge in [-0.1, -0.05) is 29.0 Å². The van der Waals surface area contributed by atoms with Crippen molar-refractivity contribution in [3.05, 3.63) is 10.2 Å². The highest BCUT2D eigenvalue weighted by Gasteiger charge is 2.40. The third kappa shape index (κ3) is 3.94. The lowest BCUT2D eigenvalue weighted by Crippen LogP contribution is -2.25. The lowest BCUT2D eigenvalue weighted by atomic mass is 9.85. The van der Waals surface area contributed by atoms with Gasteiger partial charge in [-0.25, -0.2) is 0 Å². The van der Waals surface area contributed by atoms with Crippen LogP contribution < -0.4 is 0 Å². The van der Waals surface area contributed by atoms with E-state index in [9.17, 15) is 0 Å². The first kappa shape index (κ1) is 14.8. The highest BCUT2D eigenvalue weighted by molar-refractivity contribution is 14.1. The van der Waals surface area contributed by atoms with Crippen molar-refractivity contribution in [3.63, 3.8) is 0 Å². The first-order valence-electron chi connectivity index (χ1n) is 7.26. The molecule has 0 saturated heterocycles. The molecule has 0 amide bonds. The molecule has 18 heavy (non-hydrogen) atoms. The van der Waals surface area contributed by atoms with Gasteiger partial charge in [0.1, 0.15) is 0 Å². The maximum atomic E-state index is 5.99. The predicted octanol–water partition coefficient (Wildman–Crippen LogP) is 4.53. The molecule has 2 aliphatic carbocycles. The molecule has 0 spiro atoms. The van der Waals surface area contributed by atoms with Gasteiger partial charge in [-0.15, -0.1) is 0 Å². The minimum atomic E-state index is -0.0915. The monoisotopic (exact) mass is 364 g/mol. The average molecular weight is 364 g/mol. The Kier molecular flexibility index (Phi) is 5.96. The second kappa shape index (κ2) is 7.25. The third-order valence-corrected chi connectivity index (χ3v) is 4.89. The van der Waals surface area contributed by atoms with Crippen molar-refractivity contribution >= 4 is 22.6 Å². The third-order valence-electron chi connectivity index (χ3n) is 4.47. The largest absolute Gasteiger partial charge is 0.353 e. The van der Waals surface area contributed by atoms with Crippen LogP contribution in [0.15, 0.2) is 10.2 Å². The normalized spacial score (nSPS) is 34.3. The van der Waals surface area contributed by atoms with Gasteiger partial charge in [-0.2, -0.15) is 0 Å². The summed E-state index contributed by atoms with van der Waals surface area (Å²) < 4.78 is 13.6. The Bertz CT molecular complexity index is 280. The molecule has 0 aliphatic heterocycles. The van der Waals surface area contributed by atoms with Crippen LogP contribution in [0, 0.1) is 17.8 Å². The summed E-state index contributed by atoms with van der Waals surface area (Å²) in [7, 11) is 0. The molecule has 0 aromatic carbocycles. The van der Waals surface area contributed by atoms with Crippen LogP contribution in [0.5, 0.6) is 0 Å². The standard InChI is InChI=1S/C15H25IO2/c1-3-17-11(2)18-15(6-7-16)10-14-9-12-4-5-13(14)8-12/h6-7,11-15H,3-5,8-10H2,1-2H3. The van der Waals surface area contributed by atoms with Crippen LogP contribution in [-0.2, 0) is 9.47 Å². The smallest absolute Gasteiger partial charge is 0.155 e. The zero-order valence-corrected chi connectivity index (χ0v) is 13.6. The molecule has 3 heteroatoms. The average Bonchev–Trinajstić information content (AvgIpc) is 2.91. The lowest BCUT2D eigenvalue weighted by molar-refractivity contribution is -0.150. The fourth-order valence-electron chi connectivity index (χ4n) is 3.74. The first-order chi connectivity index (χ1) is 8.72. The Morgan fingerprint density at radius 2 is 2.17 bits per heavy atom. The fraction of sp³-hybridized carbons (Fsp3) is 0.867. The summed E-state index contributed by atoms with van der Waals surface area (Å²) in [5.41, 5.74) is 0. The van der Waals surface area contributed by atoms with Gasteiger partial charge < -0.3 is 9.47 Å². The highest BCUT2D eigenvalue weighted by atomic mass is 127. The Hall–Kier alpha value is 0.390. The molecule has 0 aromatic rings. The predicted molar refractivity (Wildman–Crippen MR) is 82.7 cm³/mol. The molecule has 5 atom stereocenters. The SMILES string of the molecule is CCOC(C)OC(C=CI)CC1CC2CCC1C2. The van der Waals surface area contributed by atoms with E-state index in [2.05, 4.69) is 32.7 Å². The molecule has 0 N–H and O–H groups in total. The van der Waals surface area contributed by atoms with Crippen molar-refractivity contribution in [2.75, 3.05) is 6.61 Å². The Balaban J connectivity index is 1.82. The second-order valence-corrected chi connectivity index (χ2v) is 6.41. The van der Waals surface area contributed by atoms with E-state index >= 15 is 0 Å². The Labute approximate surface area is 125 Å². The summed E-state index contributed by atoms with van der Waals surface area (Å²) in [6, 6.07) is 0. The number of halogens is 1. The molecule has 2 nitrogen and oxygen atoms in total. The Morgan fingerprint density at radius 1 is 1.33 bits per heavy atom. The van der Waals surface area contributed by atoms with Gasteiger partial charge in [-0.3, -0.25) is 0 Å². The van der Waals surface area contributed by atoms with Gasteiger partial charge in [0.25, 0.3) is 0 Å². The summed E-state index contributed by atoms with van der Waals surface area (Å²) in [6.45, 7) is 4.73. The molecule has 2 aliphatic rings. The van der Waals surface area contributed by atoms with Crippen LogP contribution in [0.2, 0.25) is 0 Å². The van der Waals surface area contributed by atoms with Crippen LogP contribution in [0.1, 0.15) is 46.0 Å². The zero-order chi connectivity index (χ0) is 13.0. The molecule has 0 heterocycles. The summed E-state index contributed by atoms with van der Waals surface area (Å²) in [6.07, 6.45) is 9.34. The van der Waals surface area contributed by atoms with Gasteiger partial charge in [0, 0.05) is 6.61 Å². The van der Waals surface area contributed by atoms with E-state index in [0.29, 0.717) is 0 Å². The maximum absolute atomic E-state index is 5.99. The van der Waals surface area contributed by atoms with Crippen molar-refractivity contribution in [1.82, 2.24) is 0 Å². The van der Waals surface area contributed by atoms with Crippen LogP contribution >= 0.6 is 22.6 Å². The number of ether oxygens (including phenoxy) is 2. The van der Waals surface area contributed by atoms with Crippen LogP contribution in [0.25, 0.3) is 0 Å². The van der Waals surface area contributed by atoms with E-state index in [-0.39, 0.29) is 12.4 Å². The Morgan fingerprint density at radius 3 is 2.72 bits per heavy atom. The minimum Gasteiger partial charge on any atom is -0.353 e. The summed E-state index contributed by atoms with van der Waals surface area (Å²) in [4.78, 5) is 0. The molecule has 5 unspecified atom stereocenters. The van der Waals surface area contributed by atoms with Crippen LogP contribution in [0.3, 0.4) is 0 Å². The van der Waals surface area contributed by atoms with Gasteiger partial charge in [0.15, 0.2) is 6.29 Å². The summed E-state index contributed by atoms with van der Waals surface area (Å²) in [5, 5.41) is 0. The minimum absolute atomic E-state index is 0.0915. The van der Waals surface area contributed by atoms with Gasteiger partial charge in [0.05, 0.1) is 6.10 Å². The van der Waals surface area contributed by atoms with E-state index in [1.54, 1.807) is 0 Å². The lowest BCUT2D eigenvalue weighted by Gasteiger charge is -2.27. The van der Waals surface area contributed by atoms with E-state index in [0.717, 1.165) is 24.4 Å². The summed E-state index contributed by atoms with van der Waals surface area (Å²) >= 11 is 2.28. The van der Waals surface area contributed by atoms with E-state index in [4.69, 9.17) is 9.47 Å². The highest BCUT2D eigenvalue weighted by Crippen LogP contribution is 2.50. The van der Waals surface area contributed by atoms with Crippen LogP contribution in [-0.4, -0.2) is 19.0 Å². The quantitative estimate of drug-likeness (QED) is 0.488. The first-order valence-corrected chi connectivity index (χ1v) is 8.51. The van der Waals surface area contributed by atoms with Crippen molar-refractivity contribution < 1.29 is 9.47 Å². The second-order valence-electron chi connectivity index (χ2n) is 5.69.